The number of aromatic nitrogens is 1. The summed E-state index contributed by atoms with van der Waals surface area (Å²) in [5.74, 6) is -0.578. The molecule has 3 rings (SSSR count). The molecule has 0 saturated heterocycles. The molecule has 1 radical (unpaired) electrons. The first-order valence-electron chi connectivity index (χ1n) is 5.56. The number of pyridine rings is 1. The van der Waals surface area contributed by atoms with Gasteiger partial charge in [-0.15, -0.1) is 5.41 Å². The number of fused-ring (bicyclic) bond motifs is 2. The zero-order valence-electron chi connectivity index (χ0n) is 9.94. The summed E-state index contributed by atoms with van der Waals surface area (Å²) in [5, 5.41) is 1.08. The van der Waals surface area contributed by atoms with E-state index in [0.717, 1.165) is 22.0 Å². The molecule has 1 aromatic heterocycles. The molecule has 0 saturated carbocycles. The van der Waals surface area contributed by atoms with Gasteiger partial charge >= 0.3 is 0 Å². The maximum absolute atomic E-state index is 11.3. The van der Waals surface area contributed by atoms with Gasteiger partial charge in [-0.1, -0.05) is 6.07 Å². The van der Waals surface area contributed by atoms with Gasteiger partial charge in [0.25, 0.3) is 0 Å². The summed E-state index contributed by atoms with van der Waals surface area (Å²) >= 11 is 0. The van der Waals surface area contributed by atoms with Crippen LogP contribution in [-0.4, -0.2) is 10.9 Å². The maximum atomic E-state index is 11.3. The van der Waals surface area contributed by atoms with Crippen molar-refractivity contribution in [3.05, 3.63) is 54.2 Å². The minimum atomic E-state index is -0.792. The van der Waals surface area contributed by atoms with Crippen molar-refractivity contribution in [2.24, 2.45) is 5.41 Å². The fourth-order valence-corrected chi connectivity index (χ4v) is 2.49. The van der Waals surface area contributed by atoms with Crippen molar-refractivity contribution < 1.29 is 37.5 Å². The smallest absolute Gasteiger partial charge is 0.0704 e. The summed E-state index contributed by atoms with van der Waals surface area (Å²) in [6, 6.07) is 7.99. The number of carbonyl (C=O) groups is 1. The first-order valence-corrected chi connectivity index (χ1v) is 5.56. The fourth-order valence-electron chi connectivity index (χ4n) is 2.49. The van der Waals surface area contributed by atoms with E-state index in [2.05, 4.69) is 18.0 Å². The topological polar surface area (TPSA) is 53.8 Å². The molecular formula is C14H12N2OY-2. The number of carbonyl (C=O) groups excluding carboxylic acids is 1. The van der Waals surface area contributed by atoms with Gasteiger partial charge in [0, 0.05) is 50.2 Å². The standard InChI is InChI=1S/C14H13N2O.Y/c1-14(13(15)17)7-10-5-9-3-2-4-16-12(9)6-11(10)8-14;/h2-6H,1,7-8H2,(H2,15,17);/q-1;/p-1. The SMILES string of the molecule is [CH2-]C1(C([NH-])=O)Cc2cc3cccnc3cc2C1.[Y]. The fraction of sp³-hybridized carbons (Fsp3) is 0.214. The molecule has 0 bridgehead atoms. The van der Waals surface area contributed by atoms with Crippen LogP contribution in [0.5, 0.6) is 0 Å². The molecule has 1 unspecified atom stereocenters. The van der Waals surface area contributed by atoms with Crippen molar-refractivity contribution in [2.75, 3.05) is 0 Å². The molecule has 0 spiro atoms. The van der Waals surface area contributed by atoms with Gasteiger partial charge in [-0.3, -0.25) is 4.98 Å². The third-order valence-corrected chi connectivity index (χ3v) is 3.46. The Morgan fingerprint density at radius 2 is 2.00 bits per heavy atom. The van der Waals surface area contributed by atoms with Crippen LogP contribution in [0.15, 0.2) is 30.5 Å². The van der Waals surface area contributed by atoms with E-state index in [0.29, 0.717) is 12.8 Å². The quantitative estimate of drug-likeness (QED) is 0.760. The molecule has 2 aromatic rings. The van der Waals surface area contributed by atoms with E-state index in [4.69, 9.17) is 5.73 Å². The van der Waals surface area contributed by atoms with Crippen LogP contribution in [0.25, 0.3) is 16.6 Å². The molecule has 0 fully saturated rings. The summed E-state index contributed by atoms with van der Waals surface area (Å²) in [6.07, 6.45) is 2.88. The van der Waals surface area contributed by atoms with Crippen molar-refractivity contribution in [1.29, 1.82) is 0 Å². The largest absolute Gasteiger partial charge is 0.670 e. The molecule has 0 aliphatic heterocycles. The van der Waals surface area contributed by atoms with Gasteiger partial charge in [0.05, 0.1) is 5.52 Å². The molecule has 1 amide bonds. The van der Waals surface area contributed by atoms with Gasteiger partial charge in [-0.05, 0) is 42.2 Å². The van der Waals surface area contributed by atoms with Crippen LogP contribution in [0, 0.1) is 12.3 Å². The van der Waals surface area contributed by atoms with Gasteiger partial charge in [0.15, 0.2) is 0 Å². The molecule has 89 valence electrons. The zero-order valence-corrected chi connectivity index (χ0v) is 12.8. The molecule has 4 heteroatoms. The Kier molecular flexibility index (Phi) is 3.57. The van der Waals surface area contributed by atoms with Gasteiger partial charge < -0.3 is 17.5 Å². The van der Waals surface area contributed by atoms with Gasteiger partial charge in [0.2, 0.25) is 0 Å². The van der Waals surface area contributed by atoms with E-state index in [1.54, 1.807) is 6.20 Å². The summed E-state index contributed by atoms with van der Waals surface area (Å²) in [6.45, 7) is 3.92. The second-order valence-corrected chi connectivity index (χ2v) is 4.78. The third-order valence-electron chi connectivity index (χ3n) is 3.46. The summed E-state index contributed by atoms with van der Waals surface area (Å²) in [5.41, 5.74) is 9.69. The number of nitrogens with one attached hydrogen (secondary N) is 1. The number of benzene rings is 1. The monoisotopic (exact) mass is 313 g/mol. The molecule has 1 heterocycles. The Bertz CT molecular complexity index is 580. The zero-order chi connectivity index (χ0) is 12.0. The molecule has 3 nitrogen and oxygen atoms in total. The Balaban J connectivity index is 0.00000120. The predicted octanol–water partition coefficient (Wildman–Crippen LogP) is 2.73. The van der Waals surface area contributed by atoms with E-state index < -0.39 is 11.3 Å². The number of nitrogens with zero attached hydrogens (tertiary/aromatic N) is 1. The molecule has 1 aliphatic rings. The van der Waals surface area contributed by atoms with E-state index in [1.807, 2.05) is 18.2 Å². The average Bonchev–Trinajstić information content (AvgIpc) is 2.62. The van der Waals surface area contributed by atoms with Crippen molar-refractivity contribution in [3.63, 3.8) is 0 Å². The van der Waals surface area contributed by atoms with Crippen molar-refractivity contribution in [2.45, 2.75) is 12.8 Å². The average molecular weight is 313 g/mol. The Morgan fingerprint density at radius 3 is 2.67 bits per heavy atom. The normalized spacial score (nSPS) is 21.4. The molecule has 18 heavy (non-hydrogen) atoms. The molecule has 1 atom stereocenters. The molecule has 1 N–H and O–H groups in total. The second kappa shape index (κ2) is 4.71. The maximum Gasteiger partial charge on any atom is 0.0704 e. The van der Waals surface area contributed by atoms with E-state index >= 15 is 0 Å². The predicted molar refractivity (Wildman–Crippen MR) is 66.3 cm³/mol. The van der Waals surface area contributed by atoms with Gasteiger partial charge in [-0.2, -0.15) is 0 Å². The van der Waals surface area contributed by atoms with Crippen molar-refractivity contribution in [3.8, 4) is 0 Å². The first kappa shape index (κ1) is 13.6. The molecule has 1 aromatic carbocycles. The summed E-state index contributed by atoms with van der Waals surface area (Å²) in [7, 11) is 0. The number of hydrogen-bond donors (Lipinski definition) is 0. The van der Waals surface area contributed by atoms with Crippen LogP contribution in [0.2, 0.25) is 0 Å². The van der Waals surface area contributed by atoms with E-state index in [-0.39, 0.29) is 32.7 Å². The van der Waals surface area contributed by atoms with Crippen LogP contribution in [-0.2, 0) is 50.3 Å². The molecular weight excluding hydrogens is 301 g/mol. The molecule has 1 aliphatic carbocycles. The van der Waals surface area contributed by atoms with Gasteiger partial charge in [-0.25, -0.2) is 0 Å². The summed E-state index contributed by atoms with van der Waals surface area (Å²) < 4.78 is 0. The van der Waals surface area contributed by atoms with Crippen molar-refractivity contribution >= 4 is 16.8 Å². The van der Waals surface area contributed by atoms with Crippen LogP contribution in [0.4, 0.5) is 0 Å². The van der Waals surface area contributed by atoms with E-state index in [9.17, 15) is 4.79 Å². The number of amides is 1. The first-order chi connectivity index (χ1) is 8.08. The van der Waals surface area contributed by atoms with Crippen LogP contribution < -0.4 is 0 Å². The Hall–Kier alpha value is -0.796. The minimum Gasteiger partial charge on any atom is -0.670 e. The van der Waals surface area contributed by atoms with Crippen LogP contribution in [0.1, 0.15) is 11.1 Å². The second-order valence-electron chi connectivity index (χ2n) is 4.78. The van der Waals surface area contributed by atoms with Crippen molar-refractivity contribution in [1.82, 2.24) is 4.98 Å². The summed E-state index contributed by atoms with van der Waals surface area (Å²) in [4.78, 5) is 15.6. The van der Waals surface area contributed by atoms with Gasteiger partial charge in [0.1, 0.15) is 0 Å². The third kappa shape index (κ3) is 2.10. The Labute approximate surface area is 131 Å². The minimum absolute atomic E-state index is 0. The van der Waals surface area contributed by atoms with Crippen LogP contribution in [0.3, 0.4) is 0 Å². The number of hydrogen-bond acceptors (Lipinski definition) is 2. The number of rotatable bonds is 1. The Morgan fingerprint density at radius 1 is 1.33 bits per heavy atom. The van der Waals surface area contributed by atoms with E-state index in [1.165, 1.54) is 0 Å². The van der Waals surface area contributed by atoms with Crippen LogP contribution >= 0.6 is 0 Å².